The highest BCUT2D eigenvalue weighted by atomic mass is 32.2. The van der Waals surface area contributed by atoms with Gasteiger partial charge in [0.05, 0.1) is 5.75 Å². The van der Waals surface area contributed by atoms with Gasteiger partial charge in [-0.3, -0.25) is 0 Å². The number of piperidine rings is 1. The third-order valence-electron chi connectivity index (χ3n) is 2.97. The number of nitrogens with one attached hydrogen (secondary N) is 2. The average Bonchev–Trinajstić information content (AvgIpc) is 2.57. The second-order valence-electron chi connectivity index (χ2n) is 4.32. The molecule has 15 heavy (non-hydrogen) atoms. The van der Waals surface area contributed by atoms with Gasteiger partial charge < -0.3 is 10.6 Å². The summed E-state index contributed by atoms with van der Waals surface area (Å²) in [6.45, 7) is 1.95. The first kappa shape index (κ1) is 11.1. The van der Waals surface area contributed by atoms with Crippen LogP contribution in [-0.2, 0) is 9.84 Å². The summed E-state index contributed by atoms with van der Waals surface area (Å²) in [5.74, 6) is 0.222. The van der Waals surface area contributed by atoms with Gasteiger partial charge in [0.25, 0.3) is 0 Å². The minimum absolute atomic E-state index is 0.0127. The van der Waals surface area contributed by atoms with Crippen molar-refractivity contribution in [2.45, 2.75) is 31.3 Å². The van der Waals surface area contributed by atoms with Crippen LogP contribution in [0.5, 0.6) is 0 Å². The topological polar surface area (TPSA) is 58.2 Å². The molecule has 2 aliphatic heterocycles. The minimum atomic E-state index is -2.91. The third-order valence-corrected chi connectivity index (χ3v) is 4.36. The molecule has 0 spiro atoms. The van der Waals surface area contributed by atoms with Crippen LogP contribution >= 0.6 is 0 Å². The predicted molar refractivity (Wildman–Crippen MR) is 60.4 cm³/mol. The summed E-state index contributed by atoms with van der Waals surface area (Å²) in [6, 6.07) is 0.522. The van der Waals surface area contributed by atoms with E-state index >= 15 is 0 Å². The van der Waals surface area contributed by atoms with Crippen molar-refractivity contribution in [1.82, 2.24) is 10.6 Å². The molecule has 0 amide bonds. The predicted octanol–water partition coefficient (Wildman–Crippen LogP) is 0.0288. The lowest BCUT2D eigenvalue weighted by Crippen LogP contribution is -2.45. The van der Waals surface area contributed by atoms with Gasteiger partial charge in [-0.1, -0.05) is 12.5 Å². The molecule has 86 valence electrons. The molecule has 2 N–H and O–H groups in total. The smallest absolute Gasteiger partial charge is 0.173 e. The minimum Gasteiger partial charge on any atom is -0.313 e. The van der Waals surface area contributed by atoms with E-state index in [9.17, 15) is 8.42 Å². The Morgan fingerprint density at radius 1 is 1.40 bits per heavy atom. The Bertz CT molecular complexity index is 331. The van der Waals surface area contributed by atoms with Crippen molar-refractivity contribution >= 4 is 9.84 Å². The Hall–Kier alpha value is -0.390. The Kier molecular flexibility index (Phi) is 3.43. The molecule has 0 aromatic heterocycles. The molecular weight excluding hydrogens is 212 g/mol. The van der Waals surface area contributed by atoms with Gasteiger partial charge >= 0.3 is 0 Å². The van der Waals surface area contributed by atoms with Crippen LogP contribution in [0.2, 0.25) is 0 Å². The fourth-order valence-electron chi connectivity index (χ4n) is 2.09. The maximum Gasteiger partial charge on any atom is 0.173 e. The third kappa shape index (κ3) is 3.29. The molecule has 1 saturated heterocycles. The van der Waals surface area contributed by atoms with Crippen LogP contribution in [0.3, 0.4) is 0 Å². The van der Waals surface area contributed by atoms with Gasteiger partial charge in [0.2, 0.25) is 0 Å². The molecule has 0 radical (unpaired) electrons. The number of sulfone groups is 1. The fourth-order valence-corrected chi connectivity index (χ4v) is 3.36. The molecular formula is C10H18N2O2S. The van der Waals surface area contributed by atoms with Crippen molar-refractivity contribution < 1.29 is 8.42 Å². The second-order valence-corrected chi connectivity index (χ2v) is 6.25. The summed E-state index contributed by atoms with van der Waals surface area (Å²) in [5.41, 5.74) is 0. The summed E-state index contributed by atoms with van der Waals surface area (Å²) in [5, 5.41) is 8.02. The maximum absolute atomic E-state index is 11.1. The highest BCUT2D eigenvalue weighted by Gasteiger charge is 2.22. The summed E-state index contributed by atoms with van der Waals surface area (Å²) >= 11 is 0. The van der Waals surface area contributed by atoms with Gasteiger partial charge in [-0.15, -0.1) is 0 Å². The van der Waals surface area contributed by atoms with Crippen molar-refractivity contribution in [2.75, 3.05) is 18.8 Å². The van der Waals surface area contributed by atoms with E-state index in [-0.39, 0.29) is 11.8 Å². The van der Waals surface area contributed by atoms with Crippen molar-refractivity contribution in [3.05, 3.63) is 11.5 Å². The Morgan fingerprint density at radius 3 is 2.87 bits per heavy atom. The van der Waals surface area contributed by atoms with Crippen LogP contribution in [-0.4, -0.2) is 39.3 Å². The molecule has 4 nitrogen and oxygen atoms in total. The molecule has 2 rings (SSSR count). The summed E-state index contributed by atoms with van der Waals surface area (Å²) in [7, 11) is -2.91. The molecule has 5 heteroatoms. The molecule has 0 aromatic carbocycles. The Balaban J connectivity index is 1.72. The zero-order chi connectivity index (χ0) is 10.7. The van der Waals surface area contributed by atoms with Gasteiger partial charge in [-0.05, 0) is 19.4 Å². The standard InChI is InChI=1S/C10H18N2O2S/c13-15(14)6-4-10(8-15)12-7-9-3-1-2-5-11-9/h4,6,9-12H,1-3,5,7-8H2. The number of hydrogen-bond donors (Lipinski definition) is 2. The average molecular weight is 230 g/mol. The lowest BCUT2D eigenvalue weighted by molar-refractivity contribution is 0.379. The van der Waals surface area contributed by atoms with E-state index in [2.05, 4.69) is 10.6 Å². The van der Waals surface area contributed by atoms with Crippen molar-refractivity contribution in [3.63, 3.8) is 0 Å². The van der Waals surface area contributed by atoms with E-state index in [4.69, 9.17) is 0 Å². The van der Waals surface area contributed by atoms with Crippen molar-refractivity contribution in [3.8, 4) is 0 Å². The van der Waals surface area contributed by atoms with Gasteiger partial charge in [0.15, 0.2) is 9.84 Å². The van der Waals surface area contributed by atoms with E-state index in [1.54, 1.807) is 6.08 Å². The lowest BCUT2D eigenvalue weighted by atomic mass is 10.0. The summed E-state index contributed by atoms with van der Waals surface area (Å²) < 4.78 is 22.3. The van der Waals surface area contributed by atoms with E-state index in [1.165, 1.54) is 24.7 Å². The highest BCUT2D eigenvalue weighted by Crippen LogP contribution is 2.09. The maximum atomic E-state index is 11.1. The zero-order valence-corrected chi connectivity index (χ0v) is 9.59. The fraction of sp³-hybridized carbons (Fsp3) is 0.800. The van der Waals surface area contributed by atoms with Crippen LogP contribution in [0.25, 0.3) is 0 Å². The van der Waals surface area contributed by atoms with E-state index in [0.29, 0.717) is 6.04 Å². The van der Waals surface area contributed by atoms with Crippen LogP contribution < -0.4 is 10.6 Å². The summed E-state index contributed by atoms with van der Waals surface area (Å²) in [6.07, 6.45) is 5.47. The first-order valence-electron chi connectivity index (χ1n) is 5.53. The largest absolute Gasteiger partial charge is 0.313 e. The molecule has 0 saturated carbocycles. The van der Waals surface area contributed by atoms with Crippen LogP contribution in [0, 0.1) is 0 Å². The van der Waals surface area contributed by atoms with Gasteiger partial charge in [0.1, 0.15) is 0 Å². The zero-order valence-electron chi connectivity index (χ0n) is 8.78. The molecule has 0 aliphatic carbocycles. The van der Waals surface area contributed by atoms with Gasteiger partial charge in [0, 0.05) is 24.0 Å². The van der Waals surface area contributed by atoms with E-state index < -0.39 is 9.84 Å². The van der Waals surface area contributed by atoms with Gasteiger partial charge in [-0.2, -0.15) is 0 Å². The SMILES string of the molecule is O=S1(=O)C=CC(NCC2CCCCN2)C1. The Labute approximate surface area is 91.0 Å². The molecule has 2 atom stereocenters. The number of hydrogen-bond acceptors (Lipinski definition) is 4. The Morgan fingerprint density at radius 2 is 2.27 bits per heavy atom. The lowest BCUT2D eigenvalue weighted by Gasteiger charge is -2.24. The molecule has 0 bridgehead atoms. The van der Waals surface area contributed by atoms with Crippen LogP contribution in [0.15, 0.2) is 11.5 Å². The molecule has 2 unspecified atom stereocenters. The number of rotatable bonds is 3. The first-order chi connectivity index (χ1) is 7.16. The van der Waals surface area contributed by atoms with E-state index in [0.717, 1.165) is 13.1 Å². The van der Waals surface area contributed by atoms with Crippen molar-refractivity contribution in [1.29, 1.82) is 0 Å². The van der Waals surface area contributed by atoms with Crippen molar-refractivity contribution in [2.24, 2.45) is 0 Å². The molecule has 2 heterocycles. The monoisotopic (exact) mass is 230 g/mol. The van der Waals surface area contributed by atoms with Gasteiger partial charge in [-0.25, -0.2) is 8.42 Å². The van der Waals surface area contributed by atoms with Crippen LogP contribution in [0.1, 0.15) is 19.3 Å². The molecule has 2 aliphatic rings. The highest BCUT2D eigenvalue weighted by molar-refractivity contribution is 7.94. The van der Waals surface area contributed by atoms with Crippen LogP contribution in [0.4, 0.5) is 0 Å². The molecule has 0 aromatic rings. The quantitative estimate of drug-likeness (QED) is 0.718. The summed E-state index contributed by atoms with van der Waals surface area (Å²) in [4.78, 5) is 0. The second kappa shape index (κ2) is 4.63. The molecule has 1 fully saturated rings. The normalized spacial score (nSPS) is 34.4. The first-order valence-corrected chi connectivity index (χ1v) is 7.25. The van der Waals surface area contributed by atoms with E-state index in [1.807, 2.05) is 0 Å².